The molecule has 2 aromatic carbocycles. The number of hydrogen-bond acceptors (Lipinski definition) is 9. The van der Waals surface area contributed by atoms with Gasteiger partial charge in [0.15, 0.2) is 0 Å². The van der Waals surface area contributed by atoms with Gasteiger partial charge in [0.25, 0.3) is 16.0 Å². The van der Waals surface area contributed by atoms with Crippen LogP contribution in [-0.4, -0.2) is 79.0 Å². The molecule has 0 bridgehead atoms. The van der Waals surface area contributed by atoms with Gasteiger partial charge < -0.3 is 24.0 Å². The summed E-state index contributed by atoms with van der Waals surface area (Å²) in [6, 6.07) is 11.2. The summed E-state index contributed by atoms with van der Waals surface area (Å²) < 4.78 is 49.0. The number of carbonyl (C=O) groups is 1. The smallest absolute Gasteiger partial charge is 0.269 e. The maximum Gasteiger partial charge on any atom is 0.269 e. The van der Waals surface area contributed by atoms with Gasteiger partial charge >= 0.3 is 0 Å². The summed E-state index contributed by atoms with van der Waals surface area (Å²) in [6.45, 7) is 3.22. The SMILES string of the molecule is COc1ccc(CN(c2ncc(Cl)c(-c3ccc4c(c3)C(=O)N(CC(C)S(=O)(=O)O)C4)n2)C2CCOCC2)c(OC)c1. The Balaban J connectivity index is 1.47. The minimum atomic E-state index is -4.27. The van der Waals surface area contributed by atoms with Crippen molar-refractivity contribution < 1.29 is 32.0 Å². The lowest BCUT2D eigenvalue weighted by Crippen LogP contribution is -2.40. The third-order valence-electron chi connectivity index (χ3n) is 7.70. The lowest BCUT2D eigenvalue weighted by Gasteiger charge is -2.35. The third-order valence-corrected chi connectivity index (χ3v) is 9.15. The van der Waals surface area contributed by atoms with Gasteiger partial charge in [0, 0.05) is 61.6 Å². The first-order valence-electron chi connectivity index (χ1n) is 13.6. The quantitative estimate of drug-likeness (QED) is 0.330. The number of benzene rings is 2. The van der Waals surface area contributed by atoms with Gasteiger partial charge in [0.05, 0.1) is 31.1 Å². The second-order valence-electron chi connectivity index (χ2n) is 10.4. The molecule has 1 unspecified atom stereocenters. The number of amides is 1. The molecule has 0 aliphatic carbocycles. The Kier molecular flexibility index (Phi) is 8.88. The van der Waals surface area contributed by atoms with Crippen LogP contribution < -0.4 is 14.4 Å². The molecule has 1 amide bonds. The zero-order chi connectivity index (χ0) is 30.0. The number of anilines is 1. The lowest BCUT2D eigenvalue weighted by molar-refractivity contribution is 0.0779. The van der Waals surface area contributed by atoms with Crippen molar-refractivity contribution in [3.05, 3.63) is 64.3 Å². The van der Waals surface area contributed by atoms with Crippen molar-refractivity contribution in [1.29, 1.82) is 0 Å². The number of hydrogen-bond donors (Lipinski definition) is 1. The molecule has 3 heterocycles. The Hall–Kier alpha value is -3.45. The van der Waals surface area contributed by atoms with E-state index in [9.17, 15) is 17.8 Å². The Labute approximate surface area is 250 Å². The van der Waals surface area contributed by atoms with Crippen LogP contribution in [0.3, 0.4) is 0 Å². The largest absolute Gasteiger partial charge is 0.497 e. The Morgan fingerprint density at radius 1 is 1.17 bits per heavy atom. The average Bonchev–Trinajstić information content (AvgIpc) is 3.30. The fraction of sp³-hybridized carbons (Fsp3) is 0.414. The van der Waals surface area contributed by atoms with Crippen molar-refractivity contribution in [2.75, 3.05) is 38.9 Å². The highest BCUT2D eigenvalue weighted by Crippen LogP contribution is 2.34. The van der Waals surface area contributed by atoms with E-state index in [2.05, 4.69) is 9.88 Å². The molecule has 1 aromatic heterocycles. The van der Waals surface area contributed by atoms with E-state index >= 15 is 0 Å². The average molecular weight is 617 g/mol. The monoisotopic (exact) mass is 616 g/mol. The minimum Gasteiger partial charge on any atom is -0.497 e. The third kappa shape index (κ3) is 6.31. The molecule has 0 radical (unpaired) electrons. The topological polar surface area (TPSA) is 131 Å². The van der Waals surface area contributed by atoms with Crippen LogP contribution in [-0.2, 0) is 27.9 Å². The highest BCUT2D eigenvalue weighted by molar-refractivity contribution is 7.86. The van der Waals surface area contributed by atoms with Gasteiger partial charge in [0.1, 0.15) is 16.7 Å². The van der Waals surface area contributed by atoms with Crippen LogP contribution in [0.15, 0.2) is 42.6 Å². The summed E-state index contributed by atoms with van der Waals surface area (Å²) in [7, 11) is -1.04. The van der Waals surface area contributed by atoms with Crippen LogP contribution in [0.2, 0.25) is 5.02 Å². The van der Waals surface area contributed by atoms with E-state index in [0.717, 1.165) is 24.0 Å². The van der Waals surface area contributed by atoms with E-state index in [1.54, 1.807) is 26.5 Å². The maximum atomic E-state index is 13.2. The zero-order valence-corrected chi connectivity index (χ0v) is 25.2. The van der Waals surface area contributed by atoms with Gasteiger partial charge in [-0.05, 0) is 43.5 Å². The van der Waals surface area contributed by atoms with Crippen molar-refractivity contribution in [3.8, 4) is 22.8 Å². The first-order chi connectivity index (χ1) is 20.1. The predicted octanol–water partition coefficient (Wildman–Crippen LogP) is 4.23. The number of fused-ring (bicyclic) bond motifs is 1. The Bertz CT molecular complexity index is 1580. The fourth-order valence-electron chi connectivity index (χ4n) is 5.29. The molecule has 1 fully saturated rings. The molecule has 0 spiro atoms. The van der Waals surface area contributed by atoms with E-state index in [1.165, 1.54) is 11.8 Å². The summed E-state index contributed by atoms with van der Waals surface area (Å²) in [4.78, 5) is 26.2. The Morgan fingerprint density at radius 3 is 2.62 bits per heavy atom. The van der Waals surface area contributed by atoms with E-state index in [-0.39, 0.29) is 25.0 Å². The number of rotatable bonds is 10. The van der Waals surface area contributed by atoms with Crippen molar-refractivity contribution in [2.24, 2.45) is 0 Å². The van der Waals surface area contributed by atoms with Gasteiger partial charge in [-0.3, -0.25) is 9.35 Å². The molecular weight excluding hydrogens is 584 g/mol. The number of aromatic nitrogens is 2. The molecule has 2 aliphatic rings. The summed E-state index contributed by atoms with van der Waals surface area (Å²) in [5, 5.41) is -0.774. The Morgan fingerprint density at radius 2 is 1.93 bits per heavy atom. The molecule has 2 aliphatic heterocycles. The van der Waals surface area contributed by atoms with Crippen molar-refractivity contribution in [1.82, 2.24) is 14.9 Å². The highest BCUT2D eigenvalue weighted by atomic mass is 35.5. The minimum absolute atomic E-state index is 0.111. The van der Waals surface area contributed by atoms with Crippen LogP contribution in [0, 0.1) is 0 Å². The molecular formula is C29H33ClN4O7S. The predicted molar refractivity (Wildman–Crippen MR) is 158 cm³/mol. The van der Waals surface area contributed by atoms with E-state index in [1.807, 2.05) is 30.3 Å². The summed E-state index contributed by atoms with van der Waals surface area (Å²) in [6.07, 6.45) is 3.15. The van der Waals surface area contributed by atoms with Crippen LogP contribution in [0.25, 0.3) is 11.3 Å². The van der Waals surface area contributed by atoms with Crippen molar-refractivity contribution >= 4 is 33.6 Å². The highest BCUT2D eigenvalue weighted by Gasteiger charge is 2.32. The first-order valence-corrected chi connectivity index (χ1v) is 15.4. The molecule has 3 aromatic rings. The van der Waals surface area contributed by atoms with Gasteiger partial charge in [-0.15, -0.1) is 0 Å². The van der Waals surface area contributed by atoms with Crippen LogP contribution in [0.1, 0.15) is 41.3 Å². The summed E-state index contributed by atoms with van der Waals surface area (Å²) in [5.74, 6) is 1.54. The molecule has 11 nitrogen and oxygen atoms in total. The van der Waals surface area contributed by atoms with E-state index < -0.39 is 15.4 Å². The van der Waals surface area contributed by atoms with Crippen LogP contribution in [0.5, 0.6) is 11.5 Å². The van der Waals surface area contributed by atoms with Crippen LogP contribution in [0.4, 0.5) is 5.95 Å². The number of methoxy groups -OCH3 is 2. The van der Waals surface area contributed by atoms with Gasteiger partial charge in [-0.1, -0.05) is 23.7 Å². The molecule has 1 atom stereocenters. The van der Waals surface area contributed by atoms with Crippen LogP contribution >= 0.6 is 11.6 Å². The fourth-order valence-corrected chi connectivity index (χ4v) is 5.85. The molecule has 1 N–H and O–H groups in total. The molecule has 224 valence electrons. The second kappa shape index (κ2) is 12.4. The van der Waals surface area contributed by atoms with Gasteiger partial charge in [0.2, 0.25) is 5.95 Å². The van der Waals surface area contributed by atoms with Gasteiger partial charge in [-0.2, -0.15) is 8.42 Å². The standard InChI is InChI=1S/C29H33ClN4O7S/c1-18(42(36,37)38)15-33-16-20-5-4-19(12-24(20)28(33)35)27-25(30)14-31-29(32-27)34(22-8-10-41-11-9-22)17-21-6-7-23(39-2)13-26(21)40-3/h4-7,12-14,18,22H,8-11,15-17H2,1-3H3,(H,36,37,38). The molecule has 5 rings (SSSR count). The number of ether oxygens (including phenoxy) is 3. The number of carbonyl (C=O) groups excluding carboxylic acids is 1. The van der Waals surface area contributed by atoms with E-state index in [4.69, 9.17) is 30.8 Å². The number of halogens is 1. The van der Waals surface area contributed by atoms with Crippen molar-refractivity contribution in [3.63, 3.8) is 0 Å². The van der Waals surface area contributed by atoms with Gasteiger partial charge in [-0.25, -0.2) is 9.97 Å². The molecule has 0 saturated carbocycles. The molecule has 42 heavy (non-hydrogen) atoms. The first kappa shape index (κ1) is 30.0. The summed E-state index contributed by atoms with van der Waals surface area (Å²) in [5.41, 5.74) is 3.24. The molecule has 1 saturated heterocycles. The van der Waals surface area contributed by atoms with E-state index in [0.29, 0.717) is 59.0 Å². The lowest BCUT2D eigenvalue weighted by atomic mass is 10.0. The second-order valence-corrected chi connectivity index (χ2v) is 12.6. The molecule has 13 heteroatoms. The maximum absolute atomic E-state index is 13.2. The van der Waals surface area contributed by atoms with Crippen molar-refractivity contribution in [2.45, 2.75) is 44.1 Å². The summed E-state index contributed by atoms with van der Waals surface area (Å²) >= 11 is 6.61. The zero-order valence-electron chi connectivity index (χ0n) is 23.6. The number of nitrogens with zero attached hydrogens (tertiary/aromatic N) is 4. The normalized spacial score (nSPS) is 16.3.